The zero-order chi connectivity index (χ0) is 15.9. The fourth-order valence-corrected chi connectivity index (χ4v) is 2.87. The summed E-state index contributed by atoms with van der Waals surface area (Å²) in [7, 11) is 1.60. The summed E-state index contributed by atoms with van der Waals surface area (Å²) >= 11 is 11.8. The molecule has 0 bridgehead atoms. The van der Waals surface area contributed by atoms with Gasteiger partial charge in [-0.2, -0.15) is 0 Å². The lowest BCUT2D eigenvalue weighted by Gasteiger charge is -2.08. The van der Waals surface area contributed by atoms with Crippen LogP contribution in [-0.4, -0.2) is 27.8 Å². The fraction of sp³-hybridized carbons (Fsp3) is 0.333. The van der Waals surface area contributed by atoms with Crippen LogP contribution in [0.25, 0.3) is 10.9 Å². The van der Waals surface area contributed by atoms with E-state index in [2.05, 4.69) is 10.6 Å². The first-order chi connectivity index (χ1) is 10.4. The van der Waals surface area contributed by atoms with Gasteiger partial charge in [-0.05, 0) is 30.0 Å². The van der Waals surface area contributed by atoms with Crippen LogP contribution in [0.15, 0.2) is 30.5 Å². The molecule has 1 aromatic carbocycles. The fourth-order valence-electron chi connectivity index (χ4n) is 2.36. The third-order valence-electron chi connectivity index (χ3n) is 3.78. The zero-order valence-corrected chi connectivity index (χ0v) is 13.4. The van der Waals surface area contributed by atoms with Gasteiger partial charge in [0.1, 0.15) is 10.9 Å². The van der Waals surface area contributed by atoms with Crippen molar-refractivity contribution < 1.29 is 9.59 Å². The molecule has 0 aliphatic heterocycles. The highest BCUT2D eigenvalue weighted by Gasteiger charge is 2.56. The molecule has 0 radical (unpaired) electrons. The molecule has 3 rings (SSSR count). The van der Waals surface area contributed by atoms with Crippen molar-refractivity contribution in [1.82, 2.24) is 9.88 Å². The standard InChI is InChI=1S/C15H15Cl2N3O2/c1-18-13(21)8-20-5-4-9-2-3-10(6-12(9)20)19-14(22)11-7-15(11,16)17/h2-6,11H,7-8H2,1H3,(H,18,21)(H,19,22). The van der Waals surface area contributed by atoms with Gasteiger partial charge in [0.25, 0.3) is 0 Å². The normalized spacial score (nSPS) is 19.0. The number of alkyl halides is 2. The average molecular weight is 340 g/mol. The predicted molar refractivity (Wildman–Crippen MR) is 87.2 cm³/mol. The molecule has 7 heteroatoms. The molecule has 1 heterocycles. The lowest BCUT2D eigenvalue weighted by Crippen LogP contribution is -2.23. The molecule has 1 atom stereocenters. The Bertz CT molecular complexity index is 754. The largest absolute Gasteiger partial charge is 0.358 e. The Morgan fingerprint density at radius 2 is 2.09 bits per heavy atom. The highest BCUT2D eigenvalue weighted by atomic mass is 35.5. The molecule has 2 aromatic rings. The zero-order valence-electron chi connectivity index (χ0n) is 11.9. The highest BCUT2D eigenvalue weighted by Crippen LogP contribution is 2.53. The summed E-state index contributed by atoms with van der Waals surface area (Å²) in [6, 6.07) is 7.47. The third-order valence-corrected chi connectivity index (χ3v) is 4.61. The van der Waals surface area contributed by atoms with Crippen molar-refractivity contribution in [2.45, 2.75) is 17.3 Å². The second-order valence-corrected chi connectivity index (χ2v) is 6.94. The van der Waals surface area contributed by atoms with Gasteiger partial charge in [-0.1, -0.05) is 6.07 Å². The van der Waals surface area contributed by atoms with E-state index in [0.717, 1.165) is 10.9 Å². The molecular weight excluding hydrogens is 325 g/mol. The van der Waals surface area contributed by atoms with Gasteiger partial charge < -0.3 is 15.2 Å². The molecule has 2 amide bonds. The van der Waals surface area contributed by atoms with E-state index < -0.39 is 4.33 Å². The maximum absolute atomic E-state index is 12.0. The number of hydrogen-bond donors (Lipinski definition) is 2. The molecule has 1 unspecified atom stereocenters. The van der Waals surface area contributed by atoms with Crippen molar-refractivity contribution in [3.8, 4) is 0 Å². The first kappa shape index (κ1) is 15.2. The number of amides is 2. The number of nitrogens with one attached hydrogen (secondary N) is 2. The molecule has 1 aliphatic rings. The van der Waals surface area contributed by atoms with E-state index >= 15 is 0 Å². The molecular formula is C15H15Cl2N3O2. The van der Waals surface area contributed by atoms with Gasteiger partial charge in [0.2, 0.25) is 11.8 Å². The maximum atomic E-state index is 12.0. The summed E-state index contributed by atoms with van der Waals surface area (Å²) in [5.74, 6) is -0.642. The number of anilines is 1. The van der Waals surface area contributed by atoms with E-state index in [1.165, 1.54) is 0 Å². The van der Waals surface area contributed by atoms with Crippen molar-refractivity contribution >= 4 is 51.6 Å². The van der Waals surface area contributed by atoms with Crippen LogP contribution in [0, 0.1) is 5.92 Å². The lowest BCUT2D eigenvalue weighted by molar-refractivity contribution is -0.121. The van der Waals surface area contributed by atoms with Crippen LogP contribution in [0.5, 0.6) is 0 Å². The van der Waals surface area contributed by atoms with E-state index in [9.17, 15) is 9.59 Å². The summed E-state index contributed by atoms with van der Waals surface area (Å²) in [5, 5.41) is 6.40. The molecule has 0 spiro atoms. The number of halogens is 2. The van der Waals surface area contributed by atoms with E-state index in [1.54, 1.807) is 7.05 Å². The number of carbonyl (C=O) groups excluding carboxylic acids is 2. The van der Waals surface area contributed by atoms with Crippen molar-refractivity contribution in [2.24, 2.45) is 5.92 Å². The van der Waals surface area contributed by atoms with Crippen LogP contribution in [0.2, 0.25) is 0 Å². The number of likely N-dealkylation sites (N-methyl/N-ethyl adjacent to an activating group) is 1. The van der Waals surface area contributed by atoms with Crippen molar-refractivity contribution in [2.75, 3.05) is 12.4 Å². The number of carbonyl (C=O) groups is 2. The van der Waals surface area contributed by atoms with Crippen LogP contribution in [-0.2, 0) is 16.1 Å². The third kappa shape index (κ3) is 2.91. The topological polar surface area (TPSA) is 63.1 Å². The number of aromatic nitrogens is 1. The molecule has 1 saturated carbocycles. The van der Waals surface area contributed by atoms with Gasteiger partial charge in [-0.25, -0.2) is 0 Å². The van der Waals surface area contributed by atoms with Crippen LogP contribution < -0.4 is 10.6 Å². The first-order valence-electron chi connectivity index (χ1n) is 6.89. The number of fused-ring (bicyclic) bond motifs is 1. The summed E-state index contributed by atoms with van der Waals surface area (Å²) in [4.78, 5) is 23.5. The minimum Gasteiger partial charge on any atom is -0.358 e. The summed E-state index contributed by atoms with van der Waals surface area (Å²) in [6.45, 7) is 0.229. The van der Waals surface area contributed by atoms with Gasteiger partial charge in [-0.3, -0.25) is 9.59 Å². The Labute approximate surface area is 137 Å². The minimum atomic E-state index is -0.937. The summed E-state index contributed by atoms with van der Waals surface area (Å²) in [5.41, 5.74) is 1.53. The quantitative estimate of drug-likeness (QED) is 0.840. The molecule has 1 aromatic heterocycles. The summed E-state index contributed by atoms with van der Waals surface area (Å²) in [6.07, 6.45) is 2.31. The van der Waals surface area contributed by atoms with Crippen molar-refractivity contribution in [3.05, 3.63) is 30.5 Å². The van der Waals surface area contributed by atoms with Crippen LogP contribution in [0.1, 0.15) is 6.42 Å². The first-order valence-corrected chi connectivity index (χ1v) is 7.64. The second kappa shape index (κ2) is 5.48. The lowest BCUT2D eigenvalue weighted by atomic mass is 10.2. The Kier molecular flexibility index (Phi) is 3.78. The van der Waals surface area contributed by atoms with Crippen LogP contribution >= 0.6 is 23.2 Å². The van der Waals surface area contributed by atoms with Gasteiger partial charge in [0, 0.05) is 18.9 Å². The van der Waals surface area contributed by atoms with E-state index in [0.29, 0.717) is 12.1 Å². The average Bonchev–Trinajstić information content (AvgIpc) is 2.95. The van der Waals surface area contributed by atoms with Crippen molar-refractivity contribution in [3.63, 3.8) is 0 Å². The number of benzene rings is 1. The molecule has 1 aliphatic carbocycles. The van der Waals surface area contributed by atoms with Crippen molar-refractivity contribution in [1.29, 1.82) is 0 Å². The summed E-state index contributed by atoms with van der Waals surface area (Å²) < 4.78 is 0.891. The van der Waals surface area contributed by atoms with Gasteiger partial charge >= 0.3 is 0 Å². The van der Waals surface area contributed by atoms with Crippen LogP contribution in [0.4, 0.5) is 5.69 Å². The minimum absolute atomic E-state index is 0.0843. The maximum Gasteiger partial charge on any atom is 0.239 e. The number of nitrogens with zero attached hydrogens (tertiary/aromatic N) is 1. The Morgan fingerprint density at radius 1 is 1.36 bits per heavy atom. The molecule has 1 fully saturated rings. The molecule has 0 saturated heterocycles. The predicted octanol–water partition coefficient (Wildman–Crippen LogP) is 2.52. The molecule has 22 heavy (non-hydrogen) atoms. The Hall–Kier alpha value is -1.72. The molecule has 116 valence electrons. The van der Waals surface area contributed by atoms with Crippen LogP contribution in [0.3, 0.4) is 0 Å². The van der Waals surface area contributed by atoms with Gasteiger partial charge in [0.05, 0.1) is 11.4 Å². The van der Waals surface area contributed by atoms with Gasteiger partial charge in [0.15, 0.2) is 0 Å². The number of rotatable bonds is 4. The monoisotopic (exact) mass is 339 g/mol. The number of hydrogen-bond acceptors (Lipinski definition) is 2. The molecule has 5 nitrogen and oxygen atoms in total. The van der Waals surface area contributed by atoms with E-state index in [1.807, 2.05) is 35.0 Å². The van der Waals surface area contributed by atoms with Gasteiger partial charge in [-0.15, -0.1) is 23.2 Å². The second-order valence-electron chi connectivity index (χ2n) is 5.40. The SMILES string of the molecule is CNC(=O)Cn1ccc2ccc(NC(=O)C3CC3(Cl)Cl)cc21. The Balaban J connectivity index is 1.81. The molecule has 2 N–H and O–H groups in total. The van der Waals surface area contributed by atoms with E-state index in [4.69, 9.17) is 23.2 Å². The smallest absolute Gasteiger partial charge is 0.239 e. The van der Waals surface area contributed by atoms with E-state index in [-0.39, 0.29) is 24.3 Å². The Morgan fingerprint density at radius 3 is 2.73 bits per heavy atom. The highest BCUT2D eigenvalue weighted by molar-refractivity contribution is 6.52.